The van der Waals surface area contributed by atoms with Gasteiger partial charge in [0.05, 0.1) is 29.0 Å². The number of aromatic nitrogens is 2. The average molecular weight is 726 g/mol. The van der Waals surface area contributed by atoms with Gasteiger partial charge in [-0.15, -0.1) is 0 Å². The first-order valence-corrected chi connectivity index (χ1v) is 19.1. The fraction of sp³-hybridized carbons (Fsp3) is 0.564. The number of benzene rings is 1. The van der Waals surface area contributed by atoms with Gasteiger partial charge in [0.2, 0.25) is 5.60 Å². The van der Waals surface area contributed by atoms with Crippen molar-refractivity contribution >= 4 is 28.9 Å². The third kappa shape index (κ3) is 6.97. The van der Waals surface area contributed by atoms with Crippen molar-refractivity contribution in [2.24, 2.45) is 5.11 Å². The molecule has 2 saturated heterocycles. The maximum absolute atomic E-state index is 14.1. The third-order valence-corrected chi connectivity index (χ3v) is 11.4. The number of likely N-dealkylation sites (tertiary alicyclic amines) is 2. The summed E-state index contributed by atoms with van der Waals surface area (Å²) in [5, 5.41) is 4.36. The van der Waals surface area contributed by atoms with Crippen LogP contribution in [0.5, 0.6) is 5.75 Å². The van der Waals surface area contributed by atoms with Gasteiger partial charge in [-0.1, -0.05) is 31.8 Å². The van der Waals surface area contributed by atoms with Crippen LogP contribution in [0.4, 0.5) is 4.79 Å². The number of azide groups is 1. The number of piperidine rings is 2. The van der Waals surface area contributed by atoms with Gasteiger partial charge in [-0.2, -0.15) is 0 Å². The molecule has 14 nitrogen and oxygen atoms in total. The Labute approximate surface area is 308 Å². The van der Waals surface area contributed by atoms with Gasteiger partial charge in [-0.05, 0) is 99.8 Å². The molecule has 53 heavy (non-hydrogen) atoms. The van der Waals surface area contributed by atoms with Crippen LogP contribution >= 0.6 is 0 Å². The molecule has 2 aromatic heterocycles. The lowest BCUT2D eigenvalue weighted by Crippen LogP contribution is -2.48. The molecule has 0 radical (unpaired) electrons. The standard InChI is InChI=1S/C39H47N7O7/c1-3-27-28-21-26(52-38(50)45-19-14-25(15-20-45)44-17-9-6-10-18-44)12-13-32(28)42-35-29(27)23-46-33(35)22-31-30(36(46)48)24-51-37(49)39(31,4-2)53-34(47)11-7-5-8-16-41-43-40/h12-13,21-22,25H,3-11,14-20,23-24H2,1-2H3/t39-/m0/s1. The molecule has 6 heterocycles. The second-order valence-electron chi connectivity index (χ2n) is 14.4. The van der Waals surface area contributed by atoms with E-state index in [0.717, 1.165) is 42.4 Å². The van der Waals surface area contributed by atoms with Gasteiger partial charge in [0.15, 0.2) is 0 Å². The maximum atomic E-state index is 14.1. The van der Waals surface area contributed by atoms with Crippen LogP contribution < -0.4 is 10.3 Å². The van der Waals surface area contributed by atoms with Gasteiger partial charge >= 0.3 is 18.0 Å². The van der Waals surface area contributed by atoms with Crippen molar-refractivity contribution in [2.75, 3.05) is 32.7 Å². The van der Waals surface area contributed by atoms with E-state index >= 15 is 0 Å². The van der Waals surface area contributed by atoms with Crippen LogP contribution in [0.25, 0.3) is 32.7 Å². The number of hydrogen-bond acceptors (Lipinski definition) is 10. The lowest BCUT2D eigenvalue weighted by atomic mass is 9.85. The second kappa shape index (κ2) is 15.6. The highest BCUT2D eigenvalue weighted by atomic mass is 16.6. The minimum absolute atomic E-state index is 0.0648. The fourth-order valence-corrected chi connectivity index (χ4v) is 8.55. The Balaban J connectivity index is 1.13. The Bertz CT molecular complexity index is 2030. The maximum Gasteiger partial charge on any atom is 0.415 e. The van der Waals surface area contributed by atoms with Gasteiger partial charge in [-0.3, -0.25) is 9.59 Å². The van der Waals surface area contributed by atoms with Gasteiger partial charge in [0.1, 0.15) is 12.4 Å². The highest BCUT2D eigenvalue weighted by Gasteiger charge is 2.50. The predicted molar refractivity (Wildman–Crippen MR) is 196 cm³/mol. The number of unbranched alkanes of at least 4 members (excludes halogenated alkanes) is 2. The Morgan fingerprint density at radius 3 is 2.57 bits per heavy atom. The molecule has 0 spiro atoms. The molecular weight excluding hydrogens is 678 g/mol. The number of pyridine rings is 2. The lowest BCUT2D eigenvalue weighted by molar-refractivity contribution is -0.189. The summed E-state index contributed by atoms with van der Waals surface area (Å²) in [6.07, 6.45) is 7.95. The largest absolute Gasteiger partial charge is 0.457 e. The highest BCUT2D eigenvalue weighted by molar-refractivity contribution is 5.91. The van der Waals surface area contributed by atoms with E-state index in [1.54, 1.807) is 28.5 Å². The van der Waals surface area contributed by atoms with Gasteiger partial charge in [-0.25, -0.2) is 14.6 Å². The Hall–Kier alpha value is -4.94. The quantitative estimate of drug-likeness (QED) is 0.0550. The molecule has 0 unspecified atom stereocenters. The number of aryl methyl sites for hydroxylation is 1. The van der Waals surface area contributed by atoms with Crippen molar-refractivity contribution in [2.45, 2.75) is 109 Å². The van der Waals surface area contributed by atoms with Crippen LogP contribution in [-0.4, -0.2) is 76.1 Å². The number of amides is 1. The molecule has 1 amide bonds. The van der Waals surface area contributed by atoms with Crippen molar-refractivity contribution in [1.82, 2.24) is 19.4 Å². The Morgan fingerprint density at radius 2 is 1.83 bits per heavy atom. The minimum Gasteiger partial charge on any atom is -0.457 e. The first-order chi connectivity index (χ1) is 25.8. The molecule has 0 aliphatic carbocycles. The summed E-state index contributed by atoms with van der Waals surface area (Å²) >= 11 is 0. The summed E-state index contributed by atoms with van der Waals surface area (Å²) in [6.45, 7) is 7.83. The molecule has 2 fully saturated rings. The van der Waals surface area contributed by atoms with Crippen LogP contribution in [0.3, 0.4) is 0 Å². The molecule has 280 valence electrons. The van der Waals surface area contributed by atoms with E-state index in [4.69, 9.17) is 24.7 Å². The van der Waals surface area contributed by atoms with E-state index in [9.17, 15) is 19.2 Å². The number of carbonyl (C=O) groups excluding carboxylic acids is 3. The van der Waals surface area contributed by atoms with Crippen molar-refractivity contribution < 1.29 is 28.6 Å². The van der Waals surface area contributed by atoms with Crippen molar-refractivity contribution in [1.29, 1.82) is 0 Å². The van der Waals surface area contributed by atoms with Gasteiger partial charge in [0, 0.05) is 53.5 Å². The molecule has 4 aliphatic rings. The minimum atomic E-state index is -1.76. The fourth-order valence-electron chi connectivity index (χ4n) is 8.55. The monoisotopic (exact) mass is 725 g/mol. The summed E-state index contributed by atoms with van der Waals surface area (Å²) in [4.78, 5) is 66.0. The lowest BCUT2D eigenvalue weighted by Gasteiger charge is -2.39. The number of rotatable bonds is 11. The zero-order valence-electron chi connectivity index (χ0n) is 30.6. The number of esters is 2. The molecule has 4 aliphatic heterocycles. The first-order valence-electron chi connectivity index (χ1n) is 19.1. The summed E-state index contributed by atoms with van der Waals surface area (Å²) in [6, 6.07) is 7.75. The van der Waals surface area contributed by atoms with Crippen LogP contribution in [0.15, 0.2) is 34.2 Å². The zero-order chi connectivity index (χ0) is 37.1. The average Bonchev–Trinajstić information content (AvgIpc) is 3.55. The SMILES string of the molecule is CCc1c2c(nc3ccc(OC(=O)N4CCC(N5CCCCC5)CC4)cc13)-c1cc3c(c(=O)n1C2)COC(=O)[C@@]3(CC)OC(=O)CCCCCN=[N+]=[N-]. The summed E-state index contributed by atoms with van der Waals surface area (Å²) in [5.74, 6) is -0.834. The number of fused-ring (bicyclic) bond motifs is 5. The van der Waals surface area contributed by atoms with E-state index < -0.39 is 17.5 Å². The molecule has 1 aromatic carbocycles. The Morgan fingerprint density at radius 1 is 1.04 bits per heavy atom. The highest BCUT2D eigenvalue weighted by Crippen LogP contribution is 2.42. The number of ether oxygens (including phenoxy) is 3. The predicted octanol–water partition coefficient (Wildman–Crippen LogP) is 6.51. The molecule has 1 atom stereocenters. The molecular formula is C39H47N7O7. The smallest absolute Gasteiger partial charge is 0.415 e. The molecule has 0 bridgehead atoms. The summed E-state index contributed by atoms with van der Waals surface area (Å²) < 4.78 is 19.0. The van der Waals surface area contributed by atoms with E-state index in [-0.39, 0.29) is 43.2 Å². The molecule has 0 saturated carbocycles. The van der Waals surface area contributed by atoms with Gasteiger partial charge < -0.3 is 28.6 Å². The molecule has 0 N–H and O–H groups in total. The summed E-state index contributed by atoms with van der Waals surface area (Å²) in [7, 11) is 0. The van der Waals surface area contributed by atoms with E-state index in [1.807, 2.05) is 19.1 Å². The van der Waals surface area contributed by atoms with Crippen LogP contribution in [-0.2, 0) is 44.2 Å². The van der Waals surface area contributed by atoms with E-state index in [0.29, 0.717) is 79.6 Å². The van der Waals surface area contributed by atoms with Gasteiger partial charge in [0.25, 0.3) is 5.56 Å². The zero-order valence-corrected chi connectivity index (χ0v) is 30.6. The summed E-state index contributed by atoms with van der Waals surface area (Å²) in [5.41, 5.74) is 10.7. The number of hydrogen-bond donors (Lipinski definition) is 0. The van der Waals surface area contributed by atoms with Crippen LogP contribution in [0, 0.1) is 0 Å². The number of carbonyl (C=O) groups is 3. The van der Waals surface area contributed by atoms with E-state index in [1.165, 1.54) is 19.3 Å². The van der Waals surface area contributed by atoms with Crippen LogP contribution in [0.1, 0.15) is 100 Å². The third-order valence-electron chi connectivity index (χ3n) is 11.4. The molecule has 3 aromatic rings. The number of nitrogens with zero attached hydrogens (tertiary/aromatic N) is 7. The first kappa shape index (κ1) is 36.4. The van der Waals surface area contributed by atoms with Crippen molar-refractivity contribution in [3.8, 4) is 17.1 Å². The Kier molecular flexibility index (Phi) is 10.7. The van der Waals surface area contributed by atoms with E-state index in [2.05, 4.69) is 14.9 Å². The second-order valence-corrected chi connectivity index (χ2v) is 14.4. The topological polar surface area (TPSA) is 169 Å². The molecule has 7 rings (SSSR count). The normalized spacial score (nSPS) is 19.9. The number of cyclic esters (lactones) is 1. The van der Waals surface area contributed by atoms with Crippen LogP contribution in [0.2, 0.25) is 0 Å². The van der Waals surface area contributed by atoms with Crippen molar-refractivity contribution in [3.05, 3.63) is 67.3 Å². The molecule has 14 heteroatoms. The van der Waals surface area contributed by atoms with Crippen molar-refractivity contribution in [3.63, 3.8) is 0 Å².